The molecule has 0 radical (unpaired) electrons. The number of nitrogen functional groups attached to an aromatic ring is 1. The van der Waals surface area contributed by atoms with Crippen molar-refractivity contribution in [3.8, 4) is 0 Å². The van der Waals surface area contributed by atoms with Crippen molar-refractivity contribution in [1.82, 2.24) is 10.1 Å². The highest BCUT2D eigenvalue weighted by Gasteiger charge is 2.12. The number of rotatable bonds is 0. The fourth-order valence-corrected chi connectivity index (χ4v) is 1.64. The molecule has 0 aliphatic carbocycles. The molecule has 62 valence electrons. The van der Waals surface area contributed by atoms with E-state index in [2.05, 4.69) is 32.7 Å². The number of nitrogens with two attached hydrogens (primary N) is 1. The number of hydrogen-bond acceptors (Lipinski definition) is 4. The highest BCUT2D eigenvalue weighted by Crippen LogP contribution is 2.29. The van der Waals surface area contributed by atoms with Gasteiger partial charge in [0.2, 0.25) is 0 Å². The van der Waals surface area contributed by atoms with Crippen molar-refractivity contribution in [3.05, 3.63) is 14.9 Å². The van der Waals surface area contributed by atoms with Crippen LogP contribution in [0.2, 0.25) is 5.15 Å². The molecular weight excluding hydrogens is 292 g/mol. The molecule has 2 heterocycles. The Bertz CT molecular complexity index is 442. The number of nitrogens with zero attached hydrogens (tertiary/aromatic N) is 2. The molecule has 0 spiro atoms. The maximum atomic E-state index is 5.78. The molecule has 0 bridgehead atoms. The lowest BCUT2D eigenvalue weighted by Gasteiger charge is -1.92. The quantitative estimate of drug-likeness (QED) is 0.597. The van der Waals surface area contributed by atoms with Crippen LogP contribution in [-0.2, 0) is 0 Å². The van der Waals surface area contributed by atoms with E-state index in [1.165, 1.54) is 0 Å². The molecule has 0 amide bonds. The summed E-state index contributed by atoms with van der Waals surface area (Å²) in [6.45, 7) is 0. The van der Waals surface area contributed by atoms with Crippen molar-refractivity contribution in [3.63, 3.8) is 0 Å². The zero-order chi connectivity index (χ0) is 8.72. The number of anilines is 1. The summed E-state index contributed by atoms with van der Waals surface area (Å²) in [7, 11) is 0. The molecule has 2 aromatic rings. The van der Waals surface area contributed by atoms with Crippen LogP contribution in [0.25, 0.3) is 11.0 Å². The maximum absolute atomic E-state index is 5.78. The second-order valence-electron chi connectivity index (χ2n) is 2.17. The summed E-state index contributed by atoms with van der Waals surface area (Å²) in [4.78, 5) is 3.92. The van der Waals surface area contributed by atoms with E-state index in [0.29, 0.717) is 16.1 Å². The number of fused-ring (bicyclic) bond motifs is 1. The van der Waals surface area contributed by atoms with Gasteiger partial charge in [0.25, 0.3) is 0 Å². The van der Waals surface area contributed by atoms with Crippen LogP contribution in [0.4, 0.5) is 5.82 Å². The minimum Gasteiger partial charge on any atom is -0.380 e. The minimum atomic E-state index is 0.279. The van der Waals surface area contributed by atoms with E-state index in [1.54, 1.807) is 6.20 Å². The van der Waals surface area contributed by atoms with Gasteiger partial charge < -0.3 is 10.3 Å². The molecule has 0 saturated heterocycles. The van der Waals surface area contributed by atoms with Gasteiger partial charge in [0.05, 0.1) is 3.57 Å². The Morgan fingerprint density at radius 1 is 1.58 bits per heavy atom. The highest BCUT2D eigenvalue weighted by atomic mass is 127. The predicted molar refractivity (Wildman–Crippen MR) is 53.9 cm³/mol. The predicted octanol–water partition coefficient (Wildman–Crippen LogP) is 2.06. The SMILES string of the molecule is Nc1noc2c(I)cnc(Cl)c12. The number of halogens is 2. The zero-order valence-electron chi connectivity index (χ0n) is 5.71. The second-order valence-corrected chi connectivity index (χ2v) is 3.69. The van der Waals surface area contributed by atoms with Crippen molar-refractivity contribution in [2.24, 2.45) is 0 Å². The van der Waals surface area contributed by atoms with Crippen molar-refractivity contribution in [2.75, 3.05) is 5.73 Å². The fourth-order valence-electron chi connectivity index (χ4n) is 0.901. The van der Waals surface area contributed by atoms with Crippen LogP contribution in [0.1, 0.15) is 0 Å². The molecule has 0 fully saturated rings. The summed E-state index contributed by atoms with van der Waals surface area (Å²) in [6, 6.07) is 0. The van der Waals surface area contributed by atoms with Crippen LogP contribution in [0, 0.1) is 3.57 Å². The second kappa shape index (κ2) is 2.74. The first-order valence-corrected chi connectivity index (χ1v) is 4.50. The van der Waals surface area contributed by atoms with E-state index in [-0.39, 0.29) is 5.82 Å². The fraction of sp³-hybridized carbons (Fsp3) is 0. The van der Waals surface area contributed by atoms with Gasteiger partial charge in [-0.1, -0.05) is 16.8 Å². The van der Waals surface area contributed by atoms with E-state index in [4.69, 9.17) is 21.9 Å². The first-order chi connectivity index (χ1) is 5.70. The lowest BCUT2D eigenvalue weighted by atomic mass is 10.3. The molecule has 4 nitrogen and oxygen atoms in total. The first-order valence-electron chi connectivity index (χ1n) is 3.05. The van der Waals surface area contributed by atoms with Gasteiger partial charge >= 0.3 is 0 Å². The van der Waals surface area contributed by atoms with Crippen LogP contribution in [0.5, 0.6) is 0 Å². The van der Waals surface area contributed by atoms with Crippen LogP contribution < -0.4 is 5.73 Å². The summed E-state index contributed by atoms with van der Waals surface area (Å²) in [6.07, 6.45) is 1.61. The summed E-state index contributed by atoms with van der Waals surface area (Å²) < 4.78 is 5.80. The van der Waals surface area contributed by atoms with Crippen LogP contribution in [-0.4, -0.2) is 10.1 Å². The summed E-state index contributed by atoms with van der Waals surface area (Å²) in [5.41, 5.74) is 6.10. The lowest BCUT2D eigenvalue weighted by Crippen LogP contribution is -1.86. The number of hydrogen-bond donors (Lipinski definition) is 1. The van der Waals surface area contributed by atoms with Crippen molar-refractivity contribution < 1.29 is 4.52 Å². The molecule has 12 heavy (non-hydrogen) atoms. The number of pyridine rings is 1. The molecule has 2 N–H and O–H groups in total. The summed E-state index contributed by atoms with van der Waals surface area (Å²) in [5.74, 6) is 0.279. The van der Waals surface area contributed by atoms with Crippen molar-refractivity contribution in [1.29, 1.82) is 0 Å². The van der Waals surface area contributed by atoms with Gasteiger partial charge in [-0.05, 0) is 22.6 Å². The molecule has 0 saturated carbocycles. The van der Waals surface area contributed by atoms with Gasteiger partial charge in [-0.15, -0.1) is 0 Å². The van der Waals surface area contributed by atoms with Crippen LogP contribution in [0.3, 0.4) is 0 Å². The molecule has 0 aliphatic heterocycles. The Hall–Kier alpha value is -0.560. The van der Waals surface area contributed by atoms with Gasteiger partial charge in [-0.3, -0.25) is 0 Å². The molecule has 0 unspecified atom stereocenters. The average Bonchev–Trinajstić information content (AvgIpc) is 2.42. The molecule has 0 aromatic carbocycles. The smallest absolute Gasteiger partial charge is 0.187 e. The van der Waals surface area contributed by atoms with E-state index in [1.807, 2.05) is 0 Å². The van der Waals surface area contributed by atoms with Gasteiger partial charge in [0, 0.05) is 6.20 Å². The summed E-state index contributed by atoms with van der Waals surface area (Å²) >= 11 is 7.86. The maximum Gasteiger partial charge on any atom is 0.187 e. The lowest BCUT2D eigenvalue weighted by molar-refractivity contribution is 0.459. The molecule has 0 aliphatic rings. The van der Waals surface area contributed by atoms with Gasteiger partial charge in [0.1, 0.15) is 10.5 Å². The van der Waals surface area contributed by atoms with E-state index >= 15 is 0 Å². The van der Waals surface area contributed by atoms with E-state index in [0.717, 1.165) is 3.57 Å². The van der Waals surface area contributed by atoms with E-state index in [9.17, 15) is 0 Å². The Balaban J connectivity index is 2.98. The van der Waals surface area contributed by atoms with E-state index < -0.39 is 0 Å². The molecule has 0 atom stereocenters. The average molecular weight is 295 g/mol. The minimum absolute atomic E-state index is 0.279. The van der Waals surface area contributed by atoms with Crippen LogP contribution >= 0.6 is 34.2 Å². The first kappa shape index (κ1) is 8.06. The molecule has 6 heteroatoms. The zero-order valence-corrected chi connectivity index (χ0v) is 8.63. The molecule has 2 aromatic heterocycles. The monoisotopic (exact) mass is 295 g/mol. The van der Waals surface area contributed by atoms with Crippen molar-refractivity contribution >= 4 is 51.0 Å². The topological polar surface area (TPSA) is 64.9 Å². The Labute approximate surface area is 86.2 Å². The summed E-state index contributed by atoms with van der Waals surface area (Å²) in [5, 5.41) is 4.50. The third-order valence-corrected chi connectivity index (χ3v) is 2.49. The van der Waals surface area contributed by atoms with Gasteiger partial charge in [-0.2, -0.15) is 0 Å². The number of aromatic nitrogens is 2. The Morgan fingerprint density at radius 2 is 2.33 bits per heavy atom. The third-order valence-electron chi connectivity index (χ3n) is 1.43. The molecule has 2 rings (SSSR count). The van der Waals surface area contributed by atoms with Crippen LogP contribution in [0.15, 0.2) is 10.7 Å². The van der Waals surface area contributed by atoms with Crippen molar-refractivity contribution in [2.45, 2.75) is 0 Å². The largest absolute Gasteiger partial charge is 0.380 e. The Kier molecular flexibility index (Phi) is 1.84. The normalized spacial score (nSPS) is 10.8. The van der Waals surface area contributed by atoms with Gasteiger partial charge in [0.15, 0.2) is 11.4 Å². The van der Waals surface area contributed by atoms with Gasteiger partial charge in [-0.25, -0.2) is 4.98 Å². The highest BCUT2D eigenvalue weighted by molar-refractivity contribution is 14.1. The third kappa shape index (κ3) is 1.04. The molecular formula is C6H3ClIN3O. The Morgan fingerprint density at radius 3 is 3.00 bits per heavy atom. The standard InChI is InChI=1S/C6H3ClIN3O/c7-5-3-4(2(8)1-10-5)12-11-6(3)9/h1H,(H2,9,11).